The average molecular weight is 997 g/mol. The van der Waals surface area contributed by atoms with Crippen LogP contribution < -0.4 is 28.0 Å². The van der Waals surface area contributed by atoms with Gasteiger partial charge in [0.2, 0.25) is 10.3 Å². The zero-order valence-corrected chi connectivity index (χ0v) is 37.3. The van der Waals surface area contributed by atoms with Crippen molar-refractivity contribution in [2.45, 2.75) is 50.0 Å². The van der Waals surface area contributed by atoms with Crippen LogP contribution in [0.5, 0.6) is 34.5 Å². The van der Waals surface area contributed by atoms with Gasteiger partial charge in [-0.25, -0.2) is 21.1 Å². The quantitative estimate of drug-likeness (QED) is 0.102. The molecule has 0 aliphatic heterocycles. The van der Waals surface area contributed by atoms with Gasteiger partial charge in [0, 0.05) is 11.6 Å². The van der Waals surface area contributed by atoms with Gasteiger partial charge in [-0.3, -0.25) is 4.72 Å². The van der Waals surface area contributed by atoms with Gasteiger partial charge in [-0.2, -0.15) is 26.3 Å². The standard InChI is InChI=1S/C25H22F3N3O5S2.C16H12F3N3O3S2.CH4/c1-16-10-18(25(26,27)28)12-21(11-16)36-19-6-8-22(9-7-19)38(32,33)31(24-30-29-15-37-24)14-17-4-5-20(34-2)13-23(17)35-3;1-10-6-11(16(17,18)19)8-13(7-10)25-12-2-4-14(5-3-12)27(23,24)22-15-21-20-9-26-15;/h4-13,15H,14H2,1-3H3;2-9H,1H3,(H,21,22);1H4. The van der Waals surface area contributed by atoms with Crippen LogP contribution in [0.25, 0.3) is 0 Å². The van der Waals surface area contributed by atoms with Crippen molar-refractivity contribution in [2.75, 3.05) is 23.2 Å². The number of ether oxygens (including phenoxy) is 4. The molecule has 14 nitrogen and oxygen atoms in total. The molecule has 0 amide bonds. The number of nitrogens with one attached hydrogen (secondary N) is 1. The highest BCUT2D eigenvalue weighted by atomic mass is 32.2. The van der Waals surface area contributed by atoms with Crippen molar-refractivity contribution in [1.82, 2.24) is 20.4 Å². The third-order valence-corrected chi connectivity index (χ3v) is 13.4. The lowest BCUT2D eigenvalue weighted by molar-refractivity contribution is -0.138. The Kier molecular flexibility index (Phi) is 15.9. The second-order valence-corrected chi connectivity index (χ2v) is 18.7. The van der Waals surface area contributed by atoms with Crippen LogP contribution >= 0.6 is 22.7 Å². The van der Waals surface area contributed by atoms with E-state index in [2.05, 4.69) is 25.1 Å². The van der Waals surface area contributed by atoms with Crippen LogP contribution in [0, 0.1) is 13.8 Å². The summed E-state index contributed by atoms with van der Waals surface area (Å²) in [5, 5.41) is 15.1. The molecule has 0 fully saturated rings. The van der Waals surface area contributed by atoms with Crippen molar-refractivity contribution >= 4 is 53.0 Å². The van der Waals surface area contributed by atoms with E-state index >= 15 is 0 Å². The first-order valence-electron chi connectivity index (χ1n) is 18.4. The Labute approximate surface area is 383 Å². The highest BCUT2D eigenvalue weighted by molar-refractivity contribution is 7.93. The highest BCUT2D eigenvalue weighted by Crippen LogP contribution is 2.37. The number of aromatic nitrogens is 4. The molecule has 0 aliphatic carbocycles. The lowest BCUT2D eigenvalue weighted by Crippen LogP contribution is -2.30. The molecule has 24 heteroatoms. The molecule has 5 aromatic carbocycles. The molecule has 2 aromatic heterocycles. The number of halogens is 6. The number of rotatable bonds is 14. The third kappa shape index (κ3) is 12.9. The van der Waals surface area contributed by atoms with E-state index in [1.807, 2.05) is 0 Å². The summed E-state index contributed by atoms with van der Waals surface area (Å²) in [4.78, 5) is -0.127. The van der Waals surface area contributed by atoms with Gasteiger partial charge < -0.3 is 18.9 Å². The largest absolute Gasteiger partial charge is 0.497 e. The average Bonchev–Trinajstić information content (AvgIpc) is 3.98. The van der Waals surface area contributed by atoms with Gasteiger partial charge >= 0.3 is 12.4 Å². The van der Waals surface area contributed by atoms with Crippen LogP contribution in [-0.4, -0.2) is 51.4 Å². The number of aryl methyl sites for hydroxylation is 2. The summed E-state index contributed by atoms with van der Waals surface area (Å²) >= 11 is 2.07. The van der Waals surface area contributed by atoms with Crippen molar-refractivity contribution in [2.24, 2.45) is 0 Å². The molecule has 0 atom stereocenters. The Balaban J connectivity index is 0.000000258. The predicted octanol–water partition coefficient (Wildman–Crippen LogP) is 11.2. The lowest BCUT2D eigenvalue weighted by atomic mass is 10.1. The minimum absolute atomic E-state index is 0. The maximum atomic E-state index is 13.7. The first-order valence-corrected chi connectivity index (χ1v) is 23.1. The van der Waals surface area contributed by atoms with E-state index in [1.54, 1.807) is 18.2 Å². The SMILES string of the molecule is C.COc1ccc(CN(c2nncs2)S(=O)(=O)c2ccc(Oc3cc(C)cc(C(F)(F)F)c3)cc2)c(OC)c1.Cc1cc(Oc2ccc(S(=O)(=O)Nc3nncs3)cc2)cc(C(F)(F)F)c1. The van der Waals surface area contributed by atoms with Crippen LogP contribution in [0.15, 0.2) is 124 Å². The highest BCUT2D eigenvalue weighted by Gasteiger charge is 2.33. The molecule has 0 saturated heterocycles. The molecule has 66 heavy (non-hydrogen) atoms. The van der Waals surface area contributed by atoms with Crippen LogP contribution in [0.4, 0.5) is 36.6 Å². The van der Waals surface area contributed by atoms with Gasteiger partial charge in [-0.15, -0.1) is 20.4 Å². The number of hydrogen-bond acceptors (Lipinski definition) is 14. The molecule has 0 bridgehead atoms. The van der Waals surface area contributed by atoms with Gasteiger partial charge in [0.25, 0.3) is 20.0 Å². The monoisotopic (exact) mass is 996 g/mol. The second-order valence-electron chi connectivity index (χ2n) is 13.5. The minimum Gasteiger partial charge on any atom is -0.497 e. The summed E-state index contributed by atoms with van der Waals surface area (Å²) in [6.45, 7) is 2.95. The maximum absolute atomic E-state index is 13.7. The van der Waals surface area contributed by atoms with Crippen molar-refractivity contribution < 1.29 is 62.1 Å². The topological polar surface area (TPSA) is 172 Å². The van der Waals surface area contributed by atoms with E-state index in [0.717, 1.165) is 51.2 Å². The number of anilines is 2. The molecule has 7 aromatic rings. The normalized spacial score (nSPS) is 11.7. The molecule has 0 saturated carbocycles. The van der Waals surface area contributed by atoms with Crippen LogP contribution in [0.3, 0.4) is 0 Å². The Morgan fingerprint density at radius 1 is 0.606 bits per heavy atom. The number of sulfonamides is 2. The maximum Gasteiger partial charge on any atom is 0.416 e. The molecule has 2 heterocycles. The number of methoxy groups -OCH3 is 2. The lowest BCUT2D eigenvalue weighted by Gasteiger charge is -2.22. The van der Waals surface area contributed by atoms with Crippen LogP contribution in [0.1, 0.15) is 35.2 Å². The van der Waals surface area contributed by atoms with E-state index in [1.165, 1.54) is 99.8 Å². The van der Waals surface area contributed by atoms with E-state index in [-0.39, 0.29) is 57.0 Å². The van der Waals surface area contributed by atoms with E-state index in [0.29, 0.717) is 28.2 Å². The number of alkyl halides is 6. The van der Waals surface area contributed by atoms with Gasteiger partial charge in [0.1, 0.15) is 45.5 Å². The van der Waals surface area contributed by atoms with Crippen molar-refractivity contribution in [3.8, 4) is 34.5 Å². The smallest absolute Gasteiger partial charge is 0.416 e. The second kappa shape index (κ2) is 20.8. The molecule has 0 unspecified atom stereocenters. The zero-order valence-electron chi connectivity index (χ0n) is 34.1. The Morgan fingerprint density at radius 2 is 1.11 bits per heavy atom. The molecule has 1 N–H and O–H groups in total. The molecule has 350 valence electrons. The number of nitrogens with zero attached hydrogens (tertiary/aromatic N) is 5. The fourth-order valence-corrected chi connectivity index (χ4v) is 9.63. The number of hydrogen-bond donors (Lipinski definition) is 1. The summed E-state index contributed by atoms with van der Waals surface area (Å²) in [5.41, 5.74) is 2.46. The molecular weight excluding hydrogens is 959 g/mol. The number of benzene rings is 5. The first-order chi connectivity index (χ1) is 30.6. The summed E-state index contributed by atoms with van der Waals surface area (Å²) in [5.74, 6) is 1.32. The van der Waals surface area contributed by atoms with E-state index < -0.39 is 43.5 Å². The van der Waals surface area contributed by atoms with Crippen LogP contribution in [0.2, 0.25) is 0 Å². The zero-order chi connectivity index (χ0) is 47.2. The Bertz CT molecular complexity index is 2940. The van der Waals surface area contributed by atoms with Crippen molar-refractivity contribution in [3.63, 3.8) is 0 Å². The van der Waals surface area contributed by atoms with E-state index in [9.17, 15) is 43.2 Å². The van der Waals surface area contributed by atoms with Crippen molar-refractivity contribution in [1.29, 1.82) is 0 Å². The summed E-state index contributed by atoms with van der Waals surface area (Å²) in [7, 11) is -5.01. The van der Waals surface area contributed by atoms with E-state index in [4.69, 9.17) is 18.9 Å². The fraction of sp³-hybridized carbons (Fsp3) is 0.190. The molecule has 0 spiro atoms. The molecule has 0 radical (unpaired) electrons. The van der Waals surface area contributed by atoms with Gasteiger partial charge in [-0.1, -0.05) is 30.1 Å². The first kappa shape index (κ1) is 50.5. The molecular formula is C42H38F6N6O8S4. The predicted molar refractivity (Wildman–Crippen MR) is 236 cm³/mol. The summed E-state index contributed by atoms with van der Waals surface area (Å²) < 4.78 is 155. The van der Waals surface area contributed by atoms with Gasteiger partial charge in [-0.05, 0) is 122 Å². The summed E-state index contributed by atoms with van der Waals surface area (Å²) in [6, 6.07) is 22.3. The van der Waals surface area contributed by atoms with Crippen LogP contribution in [-0.2, 0) is 38.9 Å². The molecule has 0 aliphatic rings. The van der Waals surface area contributed by atoms with Gasteiger partial charge in [0.05, 0.1) is 41.7 Å². The third-order valence-electron chi connectivity index (χ3n) is 8.73. The van der Waals surface area contributed by atoms with Gasteiger partial charge in [0.15, 0.2) is 0 Å². The van der Waals surface area contributed by atoms with Crippen molar-refractivity contribution in [3.05, 3.63) is 142 Å². The molecule has 7 rings (SSSR count). The summed E-state index contributed by atoms with van der Waals surface area (Å²) in [6.07, 6.45) is -9.01. The fourth-order valence-electron chi connectivity index (χ4n) is 5.77. The Morgan fingerprint density at radius 3 is 1.56 bits per heavy atom. The minimum atomic E-state index is -4.53. The Hall–Kier alpha value is -6.50.